The molecule has 0 saturated carbocycles. The predicted molar refractivity (Wildman–Crippen MR) is 95.6 cm³/mol. The van der Waals surface area contributed by atoms with E-state index in [-0.39, 0.29) is 0 Å². The van der Waals surface area contributed by atoms with Crippen LogP contribution in [0.4, 0.5) is 0 Å². The molecule has 0 amide bonds. The molecule has 1 aromatic rings. The lowest BCUT2D eigenvalue weighted by Crippen LogP contribution is -2.39. The fraction of sp³-hybridized carbons (Fsp3) is 0.579. The van der Waals surface area contributed by atoms with E-state index in [1.165, 1.54) is 5.56 Å². The second-order valence-corrected chi connectivity index (χ2v) is 6.68. The summed E-state index contributed by atoms with van der Waals surface area (Å²) in [6, 6.07) is 8.85. The average molecular weight is 315 g/mol. The van der Waals surface area contributed by atoms with E-state index in [1.807, 2.05) is 0 Å². The third kappa shape index (κ3) is 5.34. The van der Waals surface area contributed by atoms with Gasteiger partial charge in [-0.1, -0.05) is 24.3 Å². The van der Waals surface area contributed by atoms with Gasteiger partial charge >= 0.3 is 0 Å². The molecule has 0 spiro atoms. The zero-order chi connectivity index (χ0) is 15.9. The Kier molecular flexibility index (Phi) is 6.08. The van der Waals surface area contributed by atoms with Crippen molar-refractivity contribution in [3.63, 3.8) is 0 Å². The van der Waals surface area contributed by atoms with Crippen LogP contribution >= 0.6 is 0 Å². The highest BCUT2D eigenvalue weighted by atomic mass is 16.5. The largest absolute Gasteiger partial charge is 0.490 e. The third-order valence-corrected chi connectivity index (χ3v) is 4.78. The number of nitrogens with zero attached hydrogens (tertiary/aromatic N) is 1. The molecule has 0 bridgehead atoms. The highest BCUT2D eigenvalue weighted by Gasteiger charge is 2.15. The predicted octanol–water partition coefficient (Wildman–Crippen LogP) is 2.25. The van der Waals surface area contributed by atoms with Crippen molar-refractivity contribution >= 4 is 6.08 Å². The van der Waals surface area contributed by atoms with Crippen LogP contribution < -0.4 is 15.8 Å². The Morgan fingerprint density at radius 2 is 1.78 bits per heavy atom. The molecular weight excluding hydrogens is 286 g/mol. The summed E-state index contributed by atoms with van der Waals surface area (Å²) in [5.41, 5.74) is 7.17. The number of piperidine rings is 2. The van der Waals surface area contributed by atoms with Gasteiger partial charge in [-0.25, -0.2) is 0 Å². The maximum Gasteiger partial charge on any atom is 0.119 e. The number of benzene rings is 1. The van der Waals surface area contributed by atoms with E-state index in [2.05, 4.69) is 46.6 Å². The minimum Gasteiger partial charge on any atom is -0.490 e. The summed E-state index contributed by atoms with van der Waals surface area (Å²) < 4.78 is 6.04. The summed E-state index contributed by atoms with van der Waals surface area (Å²) in [5.74, 6) is 0.985. The van der Waals surface area contributed by atoms with Crippen LogP contribution in [0.3, 0.4) is 0 Å². The molecule has 3 N–H and O–H groups in total. The van der Waals surface area contributed by atoms with Gasteiger partial charge in [-0.3, -0.25) is 4.90 Å². The Labute approximate surface area is 139 Å². The molecule has 0 aromatic heterocycles. The summed E-state index contributed by atoms with van der Waals surface area (Å²) >= 11 is 0. The number of rotatable bonds is 5. The smallest absolute Gasteiger partial charge is 0.119 e. The molecule has 0 unspecified atom stereocenters. The Bertz CT molecular complexity index is 486. The summed E-state index contributed by atoms with van der Waals surface area (Å²) in [6.07, 6.45) is 9.25. The standard InChI is InChI=1S/C19H29N3O/c20-17-9-14-22(15-10-17)13-1-2-16-3-5-18(6-4-16)23-19-7-11-21-12-8-19/h1-6,17,19,21H,7-15,20H2/b2-1+. The first-order valence-corrected chi connectivity index (χ1v) is 8.91. The van der Waals surface area contributed by atoms with Gasteiger partial charge in [0.25, 0.3) is 0 Å². The van der Waals surface area contributed by atoms with Crippen LogP contribution in [0.15, 0.2) is 30.3 Å². The SMILES string of the molecule is NC1CCN(C/C=C/c2ccc(OC3CCNCC3)cc2)CC1. The van der Waals surface area contributed by atoms with Crippen LogP contribution in [0.1, 0.15) is 31.2 Å². The molecule has 4 heteroatoms. The van der Waals surface area contributed by atoms with Crippen molar-refractivity contribution < 1.29 is 4.74 Å². The molecule has 2 fully saturated rings. The van der Waals surface area contributed by atoms with E-state index in [9.17, 15) is 0 Å². The first-order chi connectivity index (χ1) is 11.3. The lowest BCUT2D eigenvalue weighted by Gasteiger charge is -2.28. The molecule has 4 nitrogen and oxygen atoms in total. The molecule has 126 valence electrons. The van der Waals surface area contributed by atoms with Crippen molar-refractivity contribution in [1.82, 2.24) is 10.2 Å². The van der Waals surface area contributed by atoms with Crippen molar-refractivity contribution in [2.45, 2.75) is 37.8 Å². The maximum absolute atomic E-state index is 6.04. The fourth-order valence-electron chi connectivity index (χ4n) is 3.24. The monoisotopic (exact) mass is 315 g/mol. The van der Waals surface area contributed by atoms with E-state index in [1.54, 1.807) is 0 Å². The van der Waals surface area contributed by atoms with Gasteiger partial charge in [0.1, 0.15) is 11.9 Å². The maximum atomic E-state index is 6.04. The number of nitrogens with two attached hydrogens (primary N) is 1. The molecule has 2 aliphatic rings. The molecule has 2 saturated heterocycles. The van der Waals surface area contributed by atoms with E-state index < -0.39 is 0 Å². The van der Waals surface area contributed by atoms with Crippen LogP contribution in [0.5, 0.6) is 5.75 Å². The van der Waals surface area contributed by atoms with E-state index in [0.717, 1.165) is 64.2 Å². The number of hydrogen-bond acceptors (Lipinski definition) is 4. The summed E-state index contributed by atoms with van der Waals surface area (Å²) in [5, 5.41) is 3.36. The van der Waals surface area contributed by atoms with Crippen molar-refractivity contribution in [3.05, 3.63) is 35.9 Å². The van der Waals surface area contributed by atoms with Crippen molar-refractivity contribution in [1.29, 1.82) is 0 Å². The Morgan fingerprint density at radius 3 is 2.48 bits per heavy atom. The van der Waals surface area contributed by atoms with E-state index in [0.29, 0.717) is 12.1 Å². The highest BCUT2D eigenvalue weighted by Crippen LogP contribution is 2.18. The number of ether oxygens (including phenoxy) is 1. The molecule has 0 radical (unpaired) electrons. The van der Waals surface area contributed by atoms with Crippen molar-refractivity contribution in [2.24, 2.45) is 5.73 Å². The lowest BCUT2D eigenvalue weighted by molar-refractivity contribution is 0.162. The van der Waals surface area contributed by atoms with Gasteiger partial charge in [0.05, 0.1) is 0 Å². The quantitative estimate of drug-likeness (QED) is 0.875. The minimum atomic E-state index is 0.364. The van der Waals surface area contributed by atoms with Crippen molar-refractivity contribution in [2.75, 3.05) is 32.7 Å². The topological polar surface area (TPSA) is 50.5 Å². The van der Waals surface area contributed by atoms with Crippen molar-refractivity contribution in [3.8, 4) is 5.75 Å². The van der Waals surface area contributed by atoms with E-state index in [4.69, 9.17) is 10.5 Å². The summed E-state index contributed by atoms with van der Waals surface area (Å²) in [7, 11) is 0. The molecule has 23 heavy (non-hydrogen) atoms. The fourth-order valence-corrected chi connectivity index (χ4v) is 3.24. The Balaban J connectivity index is 1.44. The lowest BCUT2D eigenvalue weighted by atomic mass is 10.1. The van der Waals surface area contributed by atoms with Gasteiger partial charge in [-0.2, -0.15) is 0 Å². The van der Waals surface area contributed by atoms with Crippen LogP contribution in [-0.2, 0) is 0 Å². The number of likely N-dealkylation sites (tertiary alicyclic amines) is 1. The molecule has 3 rings (SSSR count). The van der Waals surface area contributed by atoms with E-state index >= 15 is 0 Å². The number of hydrogen-bond donors (Lipinski definition) is 2. The average Bonchev–Trinajstić information content (AvgIpc) is 2.59. The van der Waals surface area contributed by atoms with Crippen LogP contribution in [-0.4, -0.2) is 49.8 Å². The minimum absolute atomic E-state index is 0.364. The second-order valence-electron chi connectivity index (χ2n) is 6.68. The zero-order valence-electron chi connectivity index (χ0n) is 13.9. The Morgan fingerprint density at radius 1 is 1.09 bits per heavy atom. The summed E-state index contributed by atoms with van der Waals surface area (Å²) in [6.45, 7) is 5.38. The van der Waals surface area contributed by atoms with Crippen LogP contribution in [0.2, 0.25) is 0 Å². The van der Waals surface area contributed by atoms with Gasteiger partial charge in [-0.05, 0) is 69.6 Å². The summed E-state index contributed by atoms with van der Waals surface area (Å²) in [4.78, 5) is 2.47. The molecule has 0 aliphatic carbocycles. The molecular formula is C19H29N3O. The molecule has 0 atom stereocenters. The first kappa shape index (κ1) is 16.5. The zero-order valence-corrected chi connectivity index (χ0v) is 13.9. The van der Waals surface area contributed by atoms with Gasteiger partial charge in [-0.15, -0.1) is 0 Å². The molecule has 1 aromatic carbocycles. The highest BCUT2D eigenvalue weighted by molar-refractivity contribution is 5.50. The third-order valence-electron chi connectivity index (χ3n) is 4.78. The normalized spacial score (nSPS) is 21.8. The van der Waals surface area contributed by atoms with Crippen LogP contribution in [0, 0.1) is 0 Å². The molecule has 2 heterocycles. The van der Waals surface area contributed by atoms with Crippen LogP contribution in [0.25, 0.3) is 6.08 Å². The Hall–Kier alpha value is -1.36. The second kappa shape index (κ2) is 8.48. The molecule has 2 aliphatic heterocycles. The number of nitrogens with one attached hydrogen (secondary N) is 1. The van der Waals surface area contributed by atoms with Gasteiger partial charge in [0, 0.05) is 12.6 Å². The first-order valence-electron chi connectivity index (χ1n) is 8.91. The van der Waals surface area contributed by atoms with Gasteiger partial charge in [0.15, 0.2) is 0 Å². The van der Waals surface area contributed by atoms with Gasteiger partial charge in [0.2, 0.25) is 0 Å². The van der Waals surface area contributed by atoms with Gasteiger partial charge < -0.3 is 15.8 Å².